The first-order chi connectivity index (χ1) is 10.4. The summed E-state index contributed by atoms with van der Waals surface area (Å²) < 4.78 is 0. The van der Waals surface area contributed by atoms with Crippen LogP contribution in [0.25, 0.3) is 0 Å². The number of carboxylic acids is 1. The zero-order chi connectivity index (χ0) is 15.9. The fourth-order valence-corrected chi connectivity index (χ4v) is 3.11. The number of aliphatic carboxylic acids is 1. The van der Waals surface area contributed by atoms with E-state index in [0.717, 1.165) is 11.1 Å². The van der Waals surface area contributed by atoms with Crippen LogP contribution in [0, 0.1) is 0 Å². The Morgan fingerprint density at radius 2 is 1.82 bits per heavy atom. The Bertz CT molecular complexity index is 729. The molecule has 22 heavy (non-hydrogen) atoms. The summed E-state index contributed by atoms with van der Waals surface area (Å²) in [5.74, 6) is -1.39. The summed E-state index contributed by atoms with van der Waals surface area (Å²) in [5, 5.41) is 32.1. The topological polar surface area (TPSA) is 89.8 Å². The Hall–Kier alpha value is -2.53. The number of benzene rings is 2. The van der Waals surface area contributed by atoms with Crippen molar-refractivity contribution in [1.82, 2.24) is 5.32 Å². The number of aromatic hydroxyl groups is 2. The van der Waals surface area contributed by atoms with Gasteiger partial charge in [0.15, 0.2) is 11.5 Å². The van der Waals surface area contributed by atoms with E-state index in [1.54, 1.807) is 0 Å². The van der Waals surface area contributed by atoms with Gasteiger partial charge in [0.05, 0.1) is 5.54 Å². The third-order valence-corrected chi connectivity index (χ3v) is 4.28. The summed E-state index contributed by atoms with van der Waals surface area (Å²) in [6.45, 7) is 1.88. The zero-order valence-corrected chi connectivity index (χ0v) is 12.1. The van der Waals surface area contributed by atoms with Crippen molar-refractivity contribution < 1.29 is 20.1 Å². The quantitative estimate of drug-likeness (QED) is 0.637. The molecule has 0 radical (unpaired) electrons. The molecule has 2 atom stereocenters. The first-order valence-electron chi connectivity index (χ1n) is 7.03. The lowest BCUT2D eigenvalue weighted by Gasteiger charge is -2.40. The first-order valence-corrected chi connectivity index (χ1v) is 7.03. The molecule has 114 valence electrons. The molecule has 2 aromatic rings. The van der Waals surface area contributed by atoms with Gasteiger partial charge in [-0.3, -0.25) is 10.1 Å². The van der Waals surface area contributed by atoms with Crippen LogP contribution < -0.4 is 5.32 Å². The molecule has 0 saturated heterocycles. The van der Waals surface area contributed by atoms with Crippen molar-refractivity contribution in [3.8, 4) is 11.5 Å². The van der Waals surface area contributed by atoms with Crippen LogP contribution in [0.5, 0.6) is 11.5 Å². The van der Waals surface area contributed by atoms with E-state index in [0.29, 0.717) is 5.56 Å². The summed E-state index contributed by atoms with van der Waals surface area (Å²) in [5.41, 5.74) is 1.62. The Morgan fingerprint density at radius 3 is 2.45 bits per heavy atom. The molecule has 3 rings (SSSR count). The smallest absolute Gasteiger partial charge is 0.321 e. The van der Waals surface area contributed by atoms with Crippen LogP contribution in [0.2, 0.25) is 0 Å². The first kappa shape index (κ1) is 14.4. The largest absolute Gasteiger partial charge is 0.504 e. The van der Waals surface area contributed by atoms with E-state index >= 15 is 0 Å². The van der Waals surface area contributed by atoms with Gasteiger partial charge in [-0.25, -0.2) is 0 Å². The number of hydrogen-bond donors (Lipinski definition) is 4. The number of rotatable bonds is 2. The third-order valence-electron chi connectivity index (χ3n) is 4.28. The molecular weight excluding hydrogens is 282 g/mol. The zero-order valence-electron chi connectivity index (χ0n) is 12.1. The number of nitrogens with one attached hydrogen (secondary N) is 1. The lowest BCUT2D eigenvalue weighted by Crippen LogP contribution is -2.54. The van der Waals surface area contributed by atoms with Crippen molar-refractivity contribution in [1.29, 1.82) is 0 Å². The van der Waals surface area contributed by atoms with Gasteiger partial charge < -0.3 is 15.3 Å². The van der Waals surface area contributed by atoms with E-state index in [1.807, 2.05) is 37.3 Å². The van der Waals surface area contributed by atoms with E-state index in [4.69, 9.17) is 0 Å². The van der Waals surface area contributed by atoms with Gasteiger partial charge in [-0.05, 0) is 42.2 Å². The molecule has 1 aliphatic rings. The molecule has 0 saturated carbocycles. The third kappa shape index (κ3) is 2.19. The summed E-state index contributed by atoms with van der Waals surface area (Å²) in [6.07, 6.45) is 0.251. The summed E-state index contributed by atoms with van der Waals surface area (Å²) in [4.78, 5) is 11.5. The Balaban J connectivity index is 2.22. The maximum atomic E-state index is 11.5. The second-order valence-corrected chi connectivity index (χ2v) is 5.73. The van der Waals surface area contributed by atoms with Crippen molar-refractivity contribution in [3.05, 3.63) is 59.2 Å². The summed E-state index contributed by atoms with van der Waals surface area (Å²) >= 11 is 0. The molecule has 1 aliphatic heterocycles. The molecule has 0 spiro atoms. The van der Waals surface area contributed by atoms with Gasteiger partial charge >= 0.3 is 5.97 Å². The molecule has 0 amide bonds. The van der Waals surface area contributed by atoms with Crippen LogP contribution in [0.15, 0.2) is 42.5 Å². The van der Waals surface area contributed by atoms with Crippen molar-refractivity contribution in [2.75, 3.05) is 0 Å². The number of hydrogen-bond acceptors (Lipinski definition) is 4. The van der Waals surface area contributed by atoms with Crippen LogP contribution in [0.4, 0.5) is 0 Å². The Kier molecular flexibility index (Phi) is 3.30. The molecule has 0 fully saturated rings. The van der Waals surface area contributed by atoms with E-state index in [-0.39, 0.29) is 17.9 Å². The van der Waals surface area contributed by atoms with Crippen LogP contribution >= 0.6 is 0 Å². The van der Waals surface area contributed by atoms with E-state index < -0.39 is 17.6 Å². The maximum Gasteiger partial charge on any atom is 0.321 e. The molecule has 2 aromatic carbocycles. The molecule has 2 unspecified atom stereocenters. The Morgan fingerprint density at radius 1 is 1.18 bits per heavy atom. The molecule has 0 aliphatic carbocycles. The highest BCUT2D eigenvalue weighted by atomic mass is 16.4. The molecule has 4 N–H and O–H groups in total. The monoisotopic (exact) mass is 299 g/mol. The maximum absolute atomic E-state index is 11.5. The SMILES string of the molecule is CC1(c2ccccc2)NC(C(=O)O)Cc2cc(O)c(O)cc21. The molecule has 0 bridgehead atoms. The second kappa shape index (κ2) is 5.03. The van der Waals surface area contributed by atoms with Crippen molar-refractivity contribution >= 4 is 5.97 Å². The number of phenolic OH excluding ortho intramolecular Hbond substituents is 2. The number of carboxylic acid groups (broad SMARTS) is 1. The fraction of sp³-hybridized carbons (Fsp3) is 0.235. The van der Waals surface area contributed by atoms with E-state index in [9.17, 15) is 20.1 Å². The van der Waals surface area contributed by atoms with Crippen LogP contribution in [0.1, 0.15) is 23.6 Å². The van der Waals surface area contributed by atoms with Crippen LogP contribution in [0.3, 0.4) is 0 Å². The predicted octanol–water partition coefficient (Wildman–Crippen LogP) is 1.96. The Labute approximate surface area is 127 Å². The van der Waals surface area contributed by atoms with Gasteiger partial charge in [0, 0.05) is 0 Å². The lowest BCUT2D eigenvalue weighted by atomic mass is 9.76. The minimum absolute atomic E-state index is 0.212. The standard InChI is InChI=1S/C17H17NO4/c1-17(11-5-3-2-4-6-11)12-9-15(20)14(19)8-10(12)7-13(18-17)16(21)22/h2-6,8-9,13,18-20H,7H2,1H3,(H,21,22). The average molecular weight is 299 g/mol. The van der Waals surface area contributed by atoms with Gasteiger partial charge in [0.1, 0.15) is 6.04 Å². The highest BCUT2D eigenvalue weighted by molar-refractivity contribution is 5.75. The van der Waals surface area contributed by atoms with E-state index in [2.05, 4.69) is 5.32 Å². The lowest BCUT2D eigenvalue weighted by molar-refractivity contribution is -0.140. The average Bonchev–Trinajstić information content (AvgIpc) is 2.50. The molecule has 5 heteroatoms. The van der Waals surface area contributed by atoms with Crippen LogP contribution in [-0.2, 0) is 16.8 Å². The molecule has 5 nitrogen and oxygen atoms in total. The van der Waals surface area contributed by atoms with Crippen LogP contribution in [-0.4, -0.2) is 27.3 Å². The summed E-state index contributed by atoms with van der Waals surface area (Å²) in [7, 11) is 0. The molecule has 1 heterocycles. The van der Waals surface area contributed by atoms with Crippen molar-refractivity contribution in [2.24, 2.45) is 0 Å². The highest BCUT2D eigenvalue weighted by Crippen LogP contribution is 2.41. The molecule has 0 aromatic heterocycles. The number of carbonyl (C=O) groups is 1. The van der Waals surface area contributed by atoms with Gasteiger partial charge in [-0.1, -0.05) is 30.3 Å². The highest BCUT2D eigenvalue weighted by Gasteiger charge is 2.40. The van der Waals surface area contributed by atoms with Crippen molar-refractivity contribution in [2.45, 2.75) is 24.9 Å². The predicted molar refractivity (Wildman–Crippen MR) is 80.9 cm³/mol. The normalized spacial score (nSPS) is 23.8. The minimum Gasteiger partial charge on any atom is -0.504 e. The fourth-order valence-electron chi connectivity index (χ4n) is 3.11. The van der Waals surface area contributed by atoms with Gasteiger partial charge in [0.2, 0.25) is 0 Å². The van der Waals surface area contributed by atoms with E-state index in [1.165, 1.54) is 12.1 Å². The van der Waals surface area contributed by atoms with Crippen molar-refractivity contribution in [3.63, 3.8) is 0 Å². The van der Waals surface area contributed by atoms with Gasteiger partial charge in [-0.15, -0.1) is 0 Å². The number of fused-ring (bicyclic) bond motifs is 1. The van der Waals surface area contributed by atoms with Gasteiger partial charge in [-0.2, -0.15) is 0 Å². The van der Waals surface area contributed by atoms with Gasteiger partial charge in [0.25, 0.3) is 0 Å². The number of phenols is 2. The second-order valence-electron chi connectivity index (χ2n) is 5.73. The minimum atomic E-state index is -0.944. The molecular formula is C17H17NO4. The summed E-state index contributed by atoms with van der Waals surface area (Å²) in [6, 6.07) is 11.7.